The number of amides is 1. The third kappa shape index (κ3) is 6.61. The number of halogens is 1. The first kappa shape index (κ1) is 25.6. The molecule has 12 heteroatoms. The topological polar surface area (TPSA) is 155 Å². The third-order valence-electron chi connectivity index (χ3n) is 5.51. The van der Waals surface area contributed by atoms with Gasteiger partial charge in [-0.15, -0.1) is 0 Å². The second kappa shape index (κ2) is 12.5. The number of ether oxygens (including phenoxy) is 2. The maximum absolute atomic E-state index is 13.5. The molecule has 0 saturated carbocycles. The lowest BCUT2D eigenvalue weighted by Gasteiger charge is -2.28. The van der Waals surface area contributed by atoms with Crippen LogP contribution < -0.4 is 10.6 Å². The standard InChI is InChI=1S/C24H29FN6O5/c25-17-4-2-15(3-5-17)21-22(18-6-8-28-24(29-18)27-7-1-10-32)31-19(30-21)12-20-35-13-16(14-36-20)23(34)26-9-11-33/h2-6,8,16,20,32-33H,1,7,9-14H2,(H,26,34)(H,30,31)(H,27,28,29). The Morgan fingerprint density at radius 1 is 1.08 bits per heavy atom. The molecule has 0 aliphatic carbocycles. The molecule has 5 N–H and O–H groups in total. The van der Waals surface area contributed by atoms with Crippen LogP contribution in [0.25, 0.3) is 22.6 Å². The molecule has 1 fully saturated rings. The van der Waals surface area contributed by atoms with Crippen molar-refractivity contribution in [2.45, 2.75) is 19.1 Å². The van der Waals surface area contributed by atoms with Crippen LogP contribution in [0.1, 0.15) is 12.2 Å². The number of nitrogens with zero attached hydrogens (tertiary/aromatic N) is 3. The Morgan fingerprint density at radius 3 is 2.58 bits per heavy atom. The Bertz CT molecular complexity index is 1130. The number of carbonyl (C=O) groups excluding carboxylic acids is 1. The van der Waals surface area contributed by atoms with Gasteiger partial charge in [0.25, 0.3) is 0 Å². The molecule has 11 nitrogen and oxygen atoms in total. The molecule has 1 saturated heterocycles. The van der Waals surface area contributed by atoms with Crippen LogP contribution in [-0.4, -0.2) is 81.9 Å². The van der Waals surface area contributed by atoms with E-state index >= 15 is 0 Å². The van der Waals surface area contributed by atoms with Gasteiger partial charge in [0.05, 0.1) is 49.2 Å². The van der Waals surface area contributed by atoms with Gasteiger partial charge in [0.15, 0.2) is 6.29 Å². The summed E-state index contributed by atoms with van der Waals surface area (Å²) in [4.78, 5) is 28.8. The summed E-state index contributed by atoms with van der Waals surface area (Å²) in [5.74, 6) is -0.0476. The minimum atomic E-state index is -0.604. The first-order valence-electron chi connectivity index (χ1n) is 11.7. The number of H-pyrrole nitrogens is 1. The summed E-state index contributed by atoms with van der Waals surface area (Å²) in [5, 5.41) is 23.5. The summed E-state index contributed by atoms with van der Waals surface area (Å²) < 4.78 is 25.0. The number of nitrogens with one attached hydrogen (secondary N) is 3. The molecular formula is C24H29FN6O5. The van der Waals surface area contributed by atoms with Crippen LogP contribution in [0.2, 0.25) is 0 Å². The van der Waals surface area contributed by atoms with E-state index in [-0.39, 0.29) is 44.7 Å². The molecule has 0 radical (unpaired) electrons. The van der Waals surface area contributed by atoms with Crippen molar-refractivity contribution in [3.05, 3.63) is 48.2 Å². The quantitative estimate of drug-likeness (QED) is 0.244. The summed E-state index contributed by atoms with van der Waals surface area (Å²) in [6.07, 6.45) is 1.88. The molecule has 0 unspecified atom stereocenters. The van der Waals surface area contributed by atoms with Crippen LogP contribution in [0.15, 0.2) is 36.5 Å². The average molecular weight is 501 g/mol. The van der Waals surface area contributed by atoms with E-state index in [1.807, 2.05) is 0 Å². The number of benzene rings is 1. The first-order chi connectivity index (χ1) is 17.6. The van der Waals surface area contributed by atoms with Gasteiger partial charge in [-0.3, -0.25) is 4.79 Å². The van der Waals surface area contributed by atoms with E-state index in [2.05, 4.69) is 25.6 Å². The van der Waals surface area contributed by atoms with Crippen LogP contribution in [0.3, 0.4) is 0 Å². The van der Waals surface area contributed by atoms with Gasteiger partial charge in [-0.25, -0.2) is 19.3 Å². The molecule has 0 spiro atoms. The summed E-state index contributed by atoms with van der Waals surface area (Å²) in [6.45, 7) is 1.01. The molecule has 1 aliphatic rings. The van der Waals surface area contributed by atoms with E-state index in [0.29, 0.717) is 53.8 Å². The predicted molar refractivity (Wildman–Crippen MR) is 128 cm³/mol. The zero-order valence-electron chi connectivity index (χ0n) is 19.6. The van der Waals surface area contributed by atoms with Crippen LogP contribution >= 0.6 is 0 Å². The van der Waals surface area contributed by atoms with Gasteiger partial charge in [0.2, 0.25) is 11.9 Å². The molecule has 4 rings (SSSR count). The van der Waals surface area contributed by atoms with Crippen LogP contribution in [0.4, 0.5) is 10.3 Å². The number of imidazole rings is 1. The van der Waals surface area contributed by atoms with Gasteiger partial charge >= 0.3 is 0 Å². The Labute approximate surface area is 207 Å². The summed E-state index contributed by atoms with van der Waals surface area (Å²) in [7, 11) is 0. The molecule has 1 aromatic carbocycles. The summed E-state index contributed by atoms with van der Waals surface area (Å²) >= 11 is 0. The van der Waals surface area contributed by atoms with E-state index in [0.717, 1.165) is 0 Å². The Morgan fingerprint density at radius 2 is 1.86 bits per heavy atom. The molecule has 3 heterocycles. The summed E-state index contributed by atoms with van der Waals surface area (Å²) in [5.41, 5.74) is 2.50. The molecule has 1 aliphatic heterocycles. The maximum atomic E-state index is 13.5. The van der Waals surface area contributed by atoms with Crippen LogP contribution in [0, 0.1) is 11.7 Å². The van der Waals surface area contributed by atoms with E-state index in [1.165, 1.54) is 12.1 Å². The van der Waals surface area contributed by atoms with Gasteiger partial charge in [0, 0.05) is 31.5 Å². The number of aliphatic hydroxyl groups is 2. The zero-order valence-corrected chi connectivity index (χ0v) is 19.6. The minimum Gasteiger partial charge on any atom is -0.396 e. The van der Waals surface area contributed by atoms with Crippen molar-refractivity contribution in [2.75, 3.05) is 44.8 Å². The lowest BCUT2D eigenvalue weighted by Crippen LogP contribution is -2.43. The lowest BCUT2D eigenvalue weighted by atomic mass is 10.1. The number of aromatic amines is 1. The Kier molecular flexibility index (Phi) is 8.90. The van der Waals surface area contributed by atoms with Gasteiger partial charge in [-0.1, -0.05) is 0 Å². The van der Waals surface area contributed by atoms with Crippen molar-refractivity contribution in [1.82, 2.24) is 25.3 Å². The molecule has 0 atom stereocenters. The Balaban J connectivity index is 1.52. The highest BCUT2D eigenvalue weighted by Crippen LogP contribution is 2.30. The van der Waals surface area contributed by atoms with E-state index in [9.17, 15) is 9.18 Å². The smallest absolute Gasteiger partial charge is 0.227 e. The molecule has 2 aromatic heterocycles. The minimum absolute atomic E-state index is 0.0602. The highest BCUT2D eigenvalue weighted by Gasteiger charge is 2.28. The van der Waals surface area contributed by atoms with Crippen molar-refractivity contribution >= 4 is 11.9 Å². The third-order valence-corrected chi connectivity index (χ3v) is 5.51. The fraction of sp³-hybridized carbons (Fsp3) is 0.417. The normalized spacial score (nSPS) is 17.6. The number of rotatable bonds is 11. The first-order valence-corrected chi connectivity index (χ1v) is 11.7. The number of hydrogen-bond acceptors (Lipinski definition) is 9. The monoisotopic (exact) mass is 500 g/mol. The number of hydrogen-bond donors (Lipinski definition) is 5. The SMILES string of the molecule is O=C(NCCO)C1COC(Cc2nc(-c3ccc(F)cc3)c(-c3ccnc(NCCCO)n3)[nH]2)OC1. The molecule has 36 heavy (non-hydrogen) atoms. The van der Waals surface area contributed by atoms with Crippen LogP contribution in [-0.2, 0) is 20.7 Å². The van der Waals surface area contributed by atoms with Crippen molar-refractivity contribution in [3.8, 4) is 22.6 Å². The van der Waals surface area contributed by atoms with Gasteiger partial charge < -0.3 is 35.3 Å². The Hall–Kier alpha value is -3.45. The van der Waals surface area contributed by atoms with Crippen molar-refractivity contribution in [3.63, 3.8) is 0 Å². The predicted octanol–water partition coefficient (Wildman–Crippen LogP) is 1.11. The second-order valence-electron chi connectivity index (χ2n) is 8.20. The molecule has 192 valence electrons. The fourth-order valence-electron chi connectivity index (χ4n) is 3.68. The van der Waals surface area contributed by atoms with Gasteiger partial charge in [-0.05, 0) is 36.8 Å². The fourth-order valence-corrected chi connectivity index (χ4v) is 3.68. The largest absolute Gasteiger partial charge is 0.396 e. The number of aromatic nitrogens is 4. The molecule has 3 aromatic rings. The highest BCUT2D eigenvalue weighted by molar-refractivity contribution is 5.79. The van der Waals surface area contributed by atoms with E-state index in [1.54, 1.807) is 24.4 Å². The van der Waals surface area contributed by atoms with Crippen molar-refractivity contribution in [2.24, 2.45) is 5.92 Å². The molecular weight excluding hydrogens is 471 g/mol. The number of carbonyl (C=O) groups is 1. The van der Waals surface area contributed by atoms with Crippen LogP contribution in [0.5, 0.6) is 0 Å². The highest BCUT2D eigenvalue weighted by atomic mass is 19.1. The molecule has 0 bridgehead atoms. The number of aliphatic hydroxyl groups excluding tert-OH is 2. The zero-order chi connectivity index (χ0) is 25.3. The van der Waals surface area contributed by atoms with Crippen molar-refractivity contribution < 1.29 is 28.9 Å². The van der Waals surface area contributed by atoms with Gasteiger partial charge in [-0.2, -0.15) is 0 Å². The maximum Gasteiger partial charge on any atom is 0.227 e. The molecule has 1 amide bonds. The second-order valence-corrected chi connectivity index (χ2v) is 8.20. The average Bonchev–Trinajstić information content (AvgIpc) is 3.32. The number of anilines is 1. The van der Waals surface area contributed by atoms with Gasteiger partial charge in [0.1, 0.15) is 11.6 Å². The van der Waals surface area contributed by atoms with Crippen molar-refractivity contribution in [1.29, 1.82) is 0 Å². The van der Waals surface area contributed by atoms with E-state index < -0.39 is 12.2 Å². The lowest BCUT2D eigenvalue weighted by molar-refractivity contribution is -0.200. The summed E-state index contributed by atoms with van der Waals surface area (Å²) in [6, 6.07) is 7.76. The van der Waals surface area contributed by atoms with E-state index in [4.69, 9.17) is 24.7 Å².